The summed E-state index contributed by atoms with van der Waals surface area (Å²) >= 11 is 0. The number of hydrogen-bond acceptors (Lipinski definition) is 2. The number of isocyanates is 1. The molecule has 0 bridgehead atoms. The second-order valence-corrected chi connectivity index (χ2v) is 4.11. The molecule has 0 N–H and O–H groups in total. The molecule has 1 aliphatic rings. The Kier molecular flexibility index (Phi) is 2.01. The molecular formula is C12H13NO. The second-order valence-electron chi connectivity index (χ2n) is 4.11. The number of rotatable bonds is 2. The van der Waals surface area contributed by atoms with Gasteiger partial charge in [-0.25, -0.2) is 4.79 Å². The van der Waals surface area contributed by atoms with Gasteiger partial charge in [0.2, 0.25) is 6.08 Å². The van der Waals surface area contributed by atoms with Crippen LogP contribution in [0.3, 0.4) is 0 Å². The van der Waals surface area contributed by atoms with Crippen LogP contribution in [0.5, 0.6) is 0 Å². The monoisotopic (exact) mass is 187 g/mol. The molecular weight excluding hydrogens is 174 g/mol. The first kappa shape index (κ1) is 9.17. The molecule has 0 unspecified atom stereocenters. The Hall–Kier alpha value is -1.40. The van der Waals surface area contributed by atoms with Gasteiger partial charge < -0.3 is 0 Å². The van der Waals surface area contributed by atoms with Gasteiger partial charge in [-0.05, 0) is 32.3 Å². The van der Waals surface area contributed by atoms with E-state index in [0.717, 1.165) is 12.8 Å². The van der Waals surface area contributed by atoms with Crippen LogP contribution in [-0.4, -0.2) is 6.08 Å². The first-order valence-electron chi connectivity index (χ1n) is 4.84. The molecule has 0 amide bonds. The number of hydrogen-bond donors (Lipinski definition) is 0. The van der Waals surface area contributed by atoms with E-state index in [0.29, 0.717) is 0 Å². The second kappa shape index (κ2) is 3.07. The van der Waals surface area contributed by atoms with Crippen LogP contribution >= 0.6 is 0 Å². The summed E-state index contributed by atoms with van der Waals surface area (Å²) in [6.45, 7) is 4.13. The summed E-state index contributed by atoms with van der Waals surface area (Å²) in [6, 6.07) is 6.35. The van der Waals surface area contributed by atoms with Crippen LogP contribution < -0.4 is 0 Å². The van der Waals surface area contributed by atoms with E-state index in [1.54, 1.807) is 6.08 Å². The molecule has 2 nitrogen and oxygen atoms in total. The molecule has 1 fully saturated rings. The summed E-state index contributed by atoms with van der Waals surface area (Å²) in [5, 5.41) is 0. The third kappa shape index (κ3) is 1.49. The van der Waals surface area contributed by atoms with Crippen molar-refractivity contribution in [2.45, 2.75) is 32.2 Å². The van der Waals surface area contributed by atoms with Gasteiger partial charge in [0.25, 0.3) is 0 Å². The van der Waals surface area contributed by atoms with Crippen LogP contribution in [0, 0.1) is 13.8 Å². The molecule has 0 radical (unpaired) electrons. The topological polar surface area (TPSA) is 29.4 Å². The van der Waals surface area contributed by atoms with Gasteiger partial charge in [-0.1, -0.05) is 29.3 Å². The van der Waals surface area contributed by atoms with Crippen molar-refractivity contribution in [2.24, 2.45) is 4.99 Å². The third-order valence-corrected chi connectivity index (χ3v) is 2.74. The minimum absolute atomic E-state index is 0.224. The Bertz CT molecular complexity index is 392. The molecule has 1 aromatic carbocycles. The van der Waals surface area contributed by atoms with Crippen LogP contribution in [0.2, 0.25) is 0 Å². The van der Waals surface area contributed by atoms with Crippen molar-refractivity contribution in [3.63, 3.8) is 0 Å². The SMILES string of the molecule is Cc1cc(C)cc(C2(N=C=O)CC2)c1. The normalized spacial score (nSPS) is 17.3. The molecule has 14 heavy (non-hydrogen) atoms. The van der Waals surface area contributed by atoms with Crippen molar-refractivity contribution in [1.29, 1.82) is 0 Å². The quantitative estimate of drug-likeness (QED) is 0.517. The molecule has 2 rings (SSSR count). The summed E-state index contributed by atoms with van der Waals surface area (Å²) in [4.78, 5) is 14.2. The van der Waals surface area contributed by atoms with Crippen molar-refractivity contribution in [2.75, 3.05) is 0 Å². The third-order valence-electron chi connectivity index (χ3n) is 2.74. The number of aliphatic imine (C=N–C) groups is 1. The highest BCUT2D eigenvalue weighted by Gasteiger charge is 2.44. The molecule has 0 heterocycles. The lowest BCUT2D eigenvalue weighted by molar-refractivity contribution is 0.556. The van der Waals surface area contributed by atoms with Gasteiger partial charge in [0.1, 0.15) is 0 Å². The van der Waals surface area contributed by atoms with Gasteiger partial charge >= 0.3 is 0 Å². The van der Waals surface area contributed by atoms with E-state index >= 15 is 0 Å². The fourth-order valence-electron chi connectivity index (χ4n) is 1.91. The van der Waals surface area contributed by atoms with E-state index in [9.17, 15) is 4.79 Å². The van der Waals surface area contributed by atoms with E-state index in [2.05, 4.69) is 37.0 Å². The largest absolute Gasteiger partial charge is 0.235 e. The van der Waals surface area contributed by atoms with Gasteiger partial charge in [-0.3, -0.25) is 0 Å². The Morgan fingerprint density at radius 3 is 2.21 bits per heavy atom. The zero-order chi connectivity index (χ0) is 10.2. The summed E-state index contributed by atoms with van der Waals surface area (Å²) < 4.78 is 0. The maximum atomic E-state index is 10.3. The number of carbonyl (C=O) groups excluding carboxylic acids is 1. The fraction of sp³-hybridized carbons (Fsp3) is 0.417. The van der Waals surface area contributed by atoms with Crippen molar-refractivity contribution in [3.8, 4) is 0 Å². The first-order valence-corrected chi connectivity index (χ1v) is 4.84. The molecule has 0 spiro atoms. The van der Waals surface area contributed by atoms with E-state index in [4.69, 9.17) is 0 Å². The average Bonchev–Trinajstić information content (AvgIpc) is 2.84. The molecule has 0 aliphatic heterocycles. The van der Waals surface area contributed by atoms with Gasteiger partial charge in [0, 0.05) is 0 Å². The van der Waals surface area contributed by atoms with Gasteiger partial charge in [-0.2, -0.15) is 4.99 Å². The van der Waals surface area contributed by atoms with Crippen molar-refractivity contribution < 1.29 is 4.79 Å². The van der Waals surface area contributed by atoms with Crippen LogP contribution in [0.1, 0.15) is 29.5 Å². The van der Waals surface area contributed by atoms with Crippen molar-refractivity contribution in [3.05, 3.63) is 34.9 Å². The summed E-state index contributed by atoms with van der Waals surface area (Å²) in [6.07, 6.45) is 3.64. The zero-order valence-electron chi connectivity index (χ0n) is 8.50. The minimum Gasteiger partial charge on any atom is -0.211 e. The number of aryl methyl sites for hydroxylation is 2. The molecule has 0 saturated heterocycles. The highest BCUT2D eigenvalue weighted by molar-refractivity contribution is 5.43. The lowest BCUT2D eigenvalue weighted by Crippen LogP contribution is -2.02. The molecule has 72 valence electrons. The maximum Gasteiger partial charge on any atom is 0.235 e. The number of benzene rings is 1. The van der Waals surface area contributed by atoms with Crippen LogP contribution in [0.25, 0.3) is 0 Å². The van der Waals surface area contributed by atoms with Gasteiger partial charge in [0.15, 0.2) is 0 Å². The van der Waals surface area contributed by atoms with E-state index in [-0.39, 0.29) is 5.54 Å². The maximum absolute atomic E-state index is 10.3. The van der Waals surface area contributed by atoms with Gasteiger partial charge in [-0.15, -0.1) is 0 Å². The molecule has 1 saturated carbocycles. The van der Waals surface area contributed by atoms with E-state index < -0.39 is 0 Å². The Morgan fingerprint density at radius 1 is 1.21 bits per heavy atom. The average molecular weight is 187 g/mol. The summed E-state index contributed by atoms with van der Waals surface area (Å²) in [5.74, 6) is 0. The van der Waals surface area contributed by atoms with E-state index in [1.807, 2.05) is 0 Å². The smallest absolute Gasteiger partial charge is 0.211 e. The Morgan fingerprint density at radius 2 is 1.79 bits per heavy atom. The zero-order valence-corrected chi connectivity index (χ0v) is 8.50. The highest BCUT2D eigenvalue weighted by Crippen LogP contribution is 2.49. The number of nitrogens with zero attached hydrogens (tertiary/aromatic N) is 1. The predicted molar refractivity (Wildman–Crippen MR) is 54.9 cm³/mol. The highest BCUT2D eigenvalue weighted by atomic mass is 16.1. The Labute approximate surface area is 83.7 Å². The summed E-state index contributed by atoms with van der Waals surface area (Å²) in [5.41, 5.74) is 3.40. The molecule has 2 heteroatoms. The molecule has 0 atom stereocenters. The fourth-order valence-corrected chi connectivity index (χ4v) is 1.91. The van der Waals surface area contributed by atoms with Gasteiger partial charge in [0.05, 0.1) is 5.54 Å². The van der Waals surface area contributed by atoms with Crippen molar-refractivity contribution >= 4 is 6.08 Å². The lowest BCUT2D eigenvalue weighted by atomic mass is 10.0. The summed E-state index contributed by atoms with van der Waals surface area (Å²) in [7, 11) is 0. The molecule has 0 aromatic heterocycles. The first-order chi connectivity index (χ1) is 6.66. The lowest BCUT2D eigenvalue weighted by Gasteiger charge is -2.10. The van der Waals surface area contributed by atoms with Crippen LogP contribution in [-0.2, 0) is 10.3 Å². The van der Waals surface area contributed by atoms with E-state index in [1.165, 1.54) is 16.7 Å². The van der Waals surface area contributed by atoms with Crippen molar-refractivity contribution in [1.82, 2.24) is 0 Å². The van der Waals surface area contributed by atoms with Crippen LogP contribution in [0.15, 0.2) is 23.2 Å². The predicted octanol–water partition coefficient (Wildman–Crippen LogP) is 2.63. The molecule has 1 aromatic rings. The molecule has 1 aliphatic carbocycles. The van der Waals surface area contributed by atoms with Crippen LogP contribution in [0.4, 0.5) is 0 Å². The Balaban J connectivity index is 2.46. The standard InChI is InChI=1S/C12H13NO/c1-9-5-10(2)7-11(6-9)12(3-4-12)13-8-14/h5-7H,3-4H2,1-2H3. The minimum atomic E-state index is -0.224.